The Labute approximate surface area is 120 Å². The molecule has 0 bridgehead atoms. The van der Waals surface area contributed by atoms with Gasteiger partial charge >= 0.3 is 5.97 Å². The maximum atomic E-state index is 11.9. The molecule has 1 unspecified atom stereocenters. The van der Waals surface area contributed by atoms with Gasteiger partial charge < -0.3 is 10.4 Å². The number of carboxylic acids is 1. The zero-order valence-corrected chi connectivity index (χ0v) is 12.2. The van der Waals surface area contributed by atoms with Crippen LogP contribution < -0.4 is 5.32 Å². The molecule has 0 aliphatic heterocycles. The van der Waals surface area contributed by atoms with Crippen LogP contribution in [0.15, 0.2) is 24.3 Å². The number of hydrogen-bond acceptors (Lipinski definition) is 3. The van der Waals surface area contributed by atoms with Gasteiger partial charge in [-0.05, 0) is 36.3 Å². The van der Waals surface area contributed by atoms with Gasteiger partial charge in [-0.3, -0.25) is 9.00 Å². The molecule has 0 heterocycles. The third-order valence-corrected chi connectivity index (χ3v) is 3.23. The maximum absolute atomic E-state index is 11.9. The Balaban J connectivity index is 2.81. The van der Waals surface area contributed by atoms with Crippen LogP contribution in [0.2, 0.25) is 0 Å². The van der Waals surface area contributed by atoms with Crippen molar-refractivity contribution in [2.75, 3.05) is 18.6 Å². The van der Waals surface area contributed by atoms with Gasteiger partial charge in [-0.15, -0.1) is 0 Å². The van der Waals surface area contributed by atoms with Crippen LogP contribution in [0.3, 0.4) is 0 Å². The van der Waals surface area contributed by atoms with Crippen LogP contribution in [-0.2, 0) is 15.6 Å². The summed E-state index contributed by atoms with van der Waals surface area (Å²) in [7, 11) is -0.947. The molecule has 1 aromatic carbocycles. The van der Waals surface area contributed by atoms with E-state index in [1.54, 1.807) is 24.5 Å². The van der Waals surface area contributed by atoms with Crippen molar-refractivity contribution in [3.63, 3.8) is 0 Å². The number of carbonyl (C=O) groups is 2. The van der Waals surface area contributed by atoms with Crippen LogP contribution in [0, 0.1) is 6.92 Å². The second-order valence-electron chi connectivity index (χ2n) is 4.34. The molecule has 0 aliphatic rings. The fraction of sp³-hybridized carbons (Fsp3) is 0.286. The molecule has 6 heteroatoms. The van der Waals surface area contributed by atoms with Crippen LogP contribution in [0.4, 0.5) is 0 Å². The zero-order chi connectivity index (χ0) is 15.1. The van der Waals surface area contributed by atoms with E-state index >= 15 is 0 Å². The molecule has 0 aliphatic carbocycles. The molecule has 108 valence electrons. The van der Waals surface area contributed by atoms with E-state index in [-0.39, 0.29) is 5.91 Å². The largest absolute Gasteiger partial charge is 0.478 e. The number of carbonyl (C=O) groups excluding carboxylic acids is 1. The van der Waals surface area contributed by atoms with Crippen molar-refractivity contribution >= 4 is 28.8 Å². The highest BCUT2D eigenvalue weighted by Gasteiger charge is 2.07. The van der Waals surface area contributed by atoms with E-state index in [9.17, 15) is 13.8 Å². The average molecular weight is 295 g/mol. The van der Waals surface area contributed by atoms with Gasteiger partial charge in [-0.2, -0.15) is 0 Å². The van der Waals surface area contributed by atoms with Gasteiger partial charge in [0.1, 0.15) is 0 Å². The predicted molar refractivity (Wildman–Crippen MR) is 79.1 cm³/mol. The van der Waals surface area contributed by atoms with Crippen LogP contribution in [-0.4, -0.2) is 39.7 Å². The normalized spacial score (nSPS) is 12.3. The van der Waals surface area contributed by atoms with Gasteiger partial charge in [0.2, 0.25) is 0 Å². The average Bonchev–Trinajstić information content (AvgIpc) is 2.35. The minimum Gasteiger partial charge on any atom is -0.478 e. The Morgan fingerprint density at radius 3 is 2.65 bits per heavy atom. The third-order valence-electron chi connectivity index (χ3n) is 2.46. The van der Waals surface area contributed by atoms with Crippen LogP contribution in [0.5, 0.6) is 0 Å². The first kappa shape index (κ1) is 16.1. The molecule has 0 saturated heterocycles. The zero-order valence-electron chi connectivity index (χ0n) is 11.4. The molecular formula is C14H17NO4S. The summed E-state index contributed by atoms with van der Waals surface area (Å²) in [6.45, 7) is 2.17. The maximum Gasteiger partial charge on any atom is 0.328 e. The number of benzene rings is 1. The molecule has 0 saturated carbocycles. The standard InChI is InChI=1S/C14H17NO4S/c1-10-7-11(3-4-13(16)17)9-12(8-10)14(18)15-5-6-20(2)19/h3-4,7-9H,5-6H2,1-2H3,(H,15,18)(H,16,17)/b4-3+. The molecular weight excluding hydrogens is 278 g/mol. The van der Waals surface area contributed by atoms with Crippen molar-refractivity contribution in [1.82, 2.24) is 5.32 Å². The van der Waals surface area contributed by atoms with E-state index in [1.807, 2.05) is 6.92 Å². The Hall–Kier alpha value is -1.95. The smallest absolute Gasteiger partial charge is 0.328 e. The van der Waals surface area contributed by atoms with Gasteiger partial charge in [0.25, 0.3) is 5.91 Å². The van der Waals surface area contributed by atoms with Crippen molar-refractivity contribution in [3.05, 3.63) is 41.0 Å². The number of aliphatic carboxylic acids is 1. The number of aryl methyl sites for hydroxylation is 1. The lowest BCUT2D eigenvalue weighted by molar-refractivity contribution is -0.131. The highest BCUT2D eigenvalue weighted by molar-refractivity contribution is 7.84. The molecule has 1 aromatic rings. The second kappa shape index (κ2) is 7.59. The fourth-order valence-electron chi connectivity index (χ4n) is 1.62. The molecule has 20 heavy (non-hydrogen) atoms. The summed E-state index contributed by atoms with van der Waals surface area (Å²) in [6.07, 6.45) is 4.04. The van der Waals surface area contributed by atoms with E-state index in [0.29, 0.717) is 23.4 Å². The summed E-state index contributed by atoms with van der Waals surface area (Å²) in [6, 6.07) is 5.12. The highest BCUT2D eigenvalue weighted by Crippen LogP contribution is 2.11. The first-order valence-electron chi connectivity index (χ1n) is 5.99. The van der Waals surface area contributed by atoms with E-state index in [1.165, 1.54) is 6.08 Å². The summed E-state index contributed by atoms with van der Waals surface area (Å²) in [5.41, 5.74) is 1.97. The van der Waals surface area contributed by atoms with Crippen molar-refractivity contribution in [3.8, 4) is 0 Å². The summed E-state index contributed by atoms with van der Waals surface area (Å²) in [4.78, 5) is 22.4. The summed E-state index contributed by atoms with van der Waals surface area (Å²) in [5.74, 6) is -0.893. The van der Waals surface area contributed by atoms with E-state index in [4.69, 9.17) is 5.11 Å². The highest BCUT2D eigenvalue weighted by atomic mass is 32.2. The van der Waals surface area contributed by atoms with Crippen LogP contribution in [0.1, 0.15) is 21.5 Å². The number of hydrogen-bond donors (Lipinski definition) is 2. The van der Waals surface area contributed by atoms with E-state index in [2.05, 4.69) is 5.32 Å². The molecule has 0 spiro atoms. The quantitative estimate of drug-likeness (QED) is 0.772. The summed E-state index contributed by atoms with van der Waals surface area (Å²) < 4.78 is 10.9. The lowest BCUT2D eigenvalue weighted by atomic mass is 10.1. The van der Waals surface area contributed by atoms with Crippen molar-refractivity contribution in [2.24, 2.45) is 0 Å². The van der Waals surface area contributed by atoms with Crippen LogP contribution in [0.25, 0.3) is 6.08 Å². The van der Waals surface area contributed by atoms with Crippen molar-refractivity contribution < 1.29 is 18.9 Å². The number of nitrogens with one attached hydrogen (secondary N) is 1. The Bertz CT molecular complexity index is 566. The number of amides is 1. The fourth-order valence-corrected chi connectivity index (χ4v) is 2.01. The lowest BCUT2D eigenvalue weighted by Crippen LogP contribution is -2.27. The second-order valence-corrected chi connectivity index (χ2v) is 5.89. The monoisotopic (exact) mass is 295 g/mol. The van der Waals surface area contributed by atoms with Gasteiger partial charge in [-0.1, -0.05) is 6.07 Å². The third kappa shape index (κ3) is 5.79. The first-order valence-corrected chi connectivity index (χ1v) is 7.72. The topological polar surface area (TPSA) is 83.5 Å². The van der Waals surface area contributed by atoms with Crippen molar-refractivity contribution in [1.29, 1.82) is 0 Å². The van der Waals surface area contributed by atoms with E-state index in [0.717, 1.165) is 11.6 Å². The molecule has 5 nitrogen and oxygen atoms in total. The Morgan fingerprint density at radius 2 is 2.05 bits per heavy atom. The summed E-state index contributed by atoms with van der Waals surface area (Å²) in [5, 5.41) is 11.3. The minimum atomic E-state index is -1.04. The van der Waals surface area contributed by atoms with E-state index < -0.39 is 16.8 Å². The first-order chi connectivity index (χ1) is 9.38. The van der Waals surface area contributed by atoms with Gasteiger partial charge in [0.05, 0.1) is 0 Å². The predicted octanol–water partition coefficient (Wildman–Crippen LogP) is 1.20. The molecule has 1 rings (SSSR count). The molecule has 0 fully saturated rings. The molecule has 0 aromatic heterocycles. The van der Waals surface area contributed by atoms with Crippen LogP contribution >= 0.6 is 0 Å². The van der Waals surface area contributed by atoms with Crippen molar-refractivity contribution in [2.45, 2.75) is 6.92 Å². The Morgan fingerprint density at radius 1 is 1.35 bits per heavy atom. The van der Waals surface area contributed by atoms with Gasteiger partial charge in [0, 0.05) is 41.0 Å². The minimum absolute atomic E-state index is 0.260. The Kier molecular flexibility index (Phi) is 6.11. The molecule has 0 radical (unpaired) electrons. The summed E-state index contributed by atoms with van der Waals surface area (Å²) >= 11 is 0. The number of carboxylic acid groups (broad SMARTS) is 1. The molecule has 2 N–H and O–H groups in total. The molecule has 1 amide bonds. The van der Waals surface area contributed by atoms with Gasteiger partial charge in [-0.25, -0.2) is 4.79 Å². The number of rotatable bonds is 6. The SMILES string of the molecule is Cc1cc(/C=C/C(=O)O)cc(C(=O)NCCS(C)=O)c1. The lowest BCUT2D eigenvalue weighted by Gasteiger charge is -2.06. The van der Waals surface area contributed by atoms with Gasteiger partial charge in [0.15, 0.2) is 0 Å². The molecule has 1 atom stereocenters.